The Morgan fingerprint density at radius 1 is 1.07 bits per heavy atom. The molecule has 1 aliphatic heterocycles. The number of anilines is 1. The summed E-state index contributed by atoms with van der Waals surface area (Å²) in [4.78, 5) is 3.68. The lowest BCUT2D eigenvalue weighted by Crippen LogP contribution is -2.36. The van der Waals surface area contributed by atoms with Gasteiger partial charge in [0.15, 0.2) is 6.54 Å². The Labute approximate surface area is 257 Å². The molecule has 3 aromatic carbocycles. The molecule has 0 fully saturated rings. The molecule has 0 saturated heterocycles. The van der Waals surface area contributed by atoms with Crippen LogP contribution in [0, 0.1) is 5.41 Å². The summed E-state index contributed by atoms with van der Waals surface area (Å²) < 4.78 is 42.2. The molecule has 4 aromatic rings. The van der Waals surface area contributed by atoms with Crippen LogP contribution in [0.3, 0.4) is 0 Å². The molecule has 0 radical (unpaired) electrons. The van der Waals surface area contributed by atoms with Gasteiger partial charge in [-0.05, 0) is 72.1 Å². The van der Waals surface area contributed by atoms with Gasteiger partial charge in [-0.3, -0.25) is 0 Å². The Kier molecular flexibility index (Phi) is 8.11. The number of thioether (sulfide) groups is 1. The number of aryl methyl sites for hydroxylation is 1. The van der Waals surface area contributed by atoms with E-state index in [0.717, 1.165) is 41.3 Å². The van der Waals surface area contributed by atoms with E-state index >= 15 is 0 Å². The van der Waals surface area contributed by atoms with Crippen molar-refractivity contribution in [3.63, 3.8) is 0 Å². The second-order valence-electron chi connectivity index (χ2n) is 12.0. The van der Waals surface area contributed by atoms with Gasteiger partial charge in [-0.25, -0.2) is 8.42 Å². The molecule has 1 aliphatic carbocycles. The first-order valence-corrected chi connectivity index (χ1v) is 17.1. The monoisotopic (exact) mass is 612 g/mol. The van der Waals surface area contributed by atoms with E-state index in [1.54, 1.807) is 0 Å². The van der Waals surface area contributed by atoms with E-state index in [-0.39, 0.29) is 11.8 Å². The number of hydrogen-bond acceptors (Lipinski definition) is 6. The van der Waals surface area contributed by atoms with E-state index in [0.29, 0.717) is 12.4 Å². The Hall–Kier alpha value is -3.59. The predicted molar refractivity (Wildman–Crippen MR) is 175 cm³/mol. The van der Waals surface area contributed by atoms with Gasteiger partial charge in [-0.1, -0.05) is 80.2 Å². The molecule has 0 N–H and O–H groups in total. The largest absolute Gasteiger partial charge is 0.748 e. The van der Waals surface area contributed by atoms with Gasteiger partial charge in [0.2, 0.25) is 5.58 Å². The van der Waals surface area contributed by atoms with Crippen molar-refractivity contribution in [1.82, 2.24) is 0 Å². The molecule has 0 atom stereocenters. The number of oxazole rings is 1. The maximum atomic E-state index is 11.3. The first-order valence-electron chi connectivity index (χ1n) is 14.7. The Bertz CT molecular complexity index is 1930. The minimum absolute atomic E-state index is 0.121. The van der Waals surface area contributed by atoms with Crippen LogP contribution in [-0.4, -0.2) is 25.3 Å². The van der Waals surface area contributed by atoms with E-state index in [1.807, 2.05) is 64.9 Å². The zero-order chi connectivity index (χ0) is 30.2. The molecule has 222 valence electrons. The Morgan fingerprint density at radius 3 is 2.67 bits per heavy atom. The lowest BCUT2D eigenvalue weighted by Gasteiger charge is -2.31. The summed E-state index contributed by atoms with van der Waals surface area (Å²) >= 11 is 1.83. The van der Waals surface area contributed by atoms with Crippen LogP contribution in [0.15, 0.2) is 110 Å². The van der Waals surface area contributed by atoms with Crippen molar-refractivity contribution in [3.05, 3.63) is 107 Å². The number of aromatic nitrogens is 1. The second-order valence-corrected chi connectivity index (χ2v) is 14.6. The van der Waals surface area contributed by atoms with Crippen LogP contribution in [0.4, 0.5) is 5.69 Å². The zero-order valence-electron chi connectivity index (χ0n) is 24.7. The van der Waals surface area contributed by atoms with Crippen molar-refractivity contribution in [2.75, 3.05) is 17.2 Å². The van der Waals surface area contributed by atoms with Gasteiger partial charge in [0.1, 0.15) is 0 Å². The van der Waals surface area contributed by atoms with Crippen molar-refractivity contribution in [2.24, 2.45) is 5.41 Å². The highest BCUT2D eigenvalue weighted by molar-refractivity contribution is 8.03. The summed E-state index contributed by atoms with van der Waals surface area (Å²) in [6.07, 6.45) is 12.9. The molecule has 0 unspecified atom stereocenters. The van der Waals surface area contributed by atoms with Crippen LogP contribution >= 0.6 is 11.8 Å². The molecule has 2 aliphatic rings. The third-order valence-electron chi connectivity index (χ3n) is 7.94. The van der Waals surface area contributed by atoms with Gasteiger partial charge >= 0.3 is 5.89 Å². The van der Waals surface area contributed by atoms with Crippen molar-refractivity contribution >= 4 is 55.5 Å². The molecule has 0 saturated carbocycles. The summed E-state index contributed by atoms with van der Waals surface area (Å²) in [6, 6.07) is 20.6. The molecular formula is C35H36N2O4S2. The van der Waals surface area contributed by atoms with Gasteiger partial charge in [0, 0.05) is 23.6 Å². The predicted octanol–water partition coefficient (Wildman–Crippen LogP) is 7.97. The Morgan fingerprint density at radius 2 is 1.86 bits per heavy atom. The van der Waals surface area contributed by atoms with Gasteiger partial charge in [0.25, 0.3) is 5.52 Å². The van der Waals surface area contributed by atoms with Crippen LogP contribution in [0.25, 0.3) is 27.9 Å². The summed E-state index contributed by atoms with van der Waals surface area (Å²) in [7, 11) is -4.30. The van der Waals surface area contributed by atoms with Crippen LogP contribution in [0.1, 0.15) is 45.9 Å². The van der Waals surface area contributed by atoms with E-state index < -0.39 is 15.9 Å². The highest BCUT2D eigenvalue weighted by Crippen LogP contribution is 2.47. The van der Waals surface area contributed by atoms with Crippen molar-refractivity contribution in [3.8, 4) is 0 Å². The molecule has 1 aromatic heterocycles. The molecule has 2 heterocycles. The number of rotatable bonds is 8. The molecule has 6 nitrogen and oxygen atoms in total. The van der Waals surface area contributed by atoms with E-state index in [4.69, 9.17) is 4.42 Å². The van der Waals surface area contributed by atoms with Crippen LogP contribution in [-0.2, 0) is 16.7 Å². The molecule has 43 heavy (non-hydrogen) atoms. The van der Waals surface area contributed by atoms with Gasteiger partial charge in [-0.2, -0.15) is 4.57 Å². The second kappa shape index (κ2) is 11.8. The number of hydrogen-bond donors (Lipinski definition) is 0. The first-order chi connectivity index (χ1) is 20.6. The molecule has 0 amide bonds. The van der Waals surface area contributed by atoms with Crippen molar-refractivity contribution in [2.45, 2.75) is 51.5 Å². The van der Waals surface area contributed by atoms with E-state index in [2.05, 4.69) is 68.2 Å². The summed E-state index contributed by atoms with van der Waals surface area (Å²) in [5, 5.41) is 3.35. The third-order valence-corrected chi connectivity index (χ3v) is 9.84. The summed E-state index contributed by atoms with van der Waals surface area (Å²) in [5.41, 5.74) is 5.57. The third kappa shape index (κ3) is 6.51. The topological polar surface area (TPSA) is 77.5 Å². The number of para-hydroxylation sites is 1. The van der Waals surface area contributed by atoms with Gasteiger partial charge in [0.05, 0.1) is 32.3 Å². The van der Waals surface area contributed by atoms with Crippen LogP contribution in [0.2, 0.25) is 0 Å². The molecular weight excluding hydrogens is 577 g/mol. The minimum Gasteiger partial charge on any atom is -0.748 e. The van der Waals surface area contributed by atoms with Crippen molar-refractivity contribution < 1.29 is 22.0 Å². The lowest BCUT2D eigenvalue weighted by atomic mass is 9.75. The smallest absolute Gasteiger partial charge is 0.374 e. The SMILES string of the molecule is CCN1C(=CC2=C/C(=C/C=C/c3oc4ccc5ccccc5c4[n+]3CCCS(=O)(=O)[O-])CC(C)(C)C2)Sc2ccccc21. The fourth-order valence-electron chi connectivity index (χ4n) is 6.23. The highest BCUT2D eigenvalue weighted by Gasteiger charge is 2.28. The first kappa shape index (κ1) is 29.5. The standard InChI is InChI=1S/C35H36N2O4S2/c1-4-36-29-14-7-8-15-31(29)42-33(36)22-26-21-25(23-35(2,3)24-26)11-9-16-32-37(19-10-20-43(38,39)40)34-28-13-6-5-12-27(28)17-18-30(34)41-32/h5-9,11-18,21-22H,4,10,19-20,23-24H2,1-3H3. The number of benzene rings is 3. The maximum absolute atomic E-state index is 11.3. The number of nitrogens with zero attached hydrogens (tertiary/aromatic N) is 2. The fourth-order valence-corrected chi connectivity index (χ4v) is 7.91. The lowest BCUT2D eigenvalue weighted by molar-refractivity contribution is -0.677. The van der Waals surface area contributed by atoms with Crippen molar-refractivity contribution in [1.29, 1.82) is 0 Å². The van der Waals surface area contributed by atoms with Crippen LogP contribution < -0.4 is 9.47 Å². The molecule has 0 spiro atoms. The quantitative estimate of drug-likeness (QED) is 0.148. The van der Waals surface area contributed by atoms with E-state index in [9.17, 15) is 13.0 Å². The number of fused-ring (bicyclic) bond motifs is 4. The Balaban J connectivity index is 1.33. The van der Waals surface area contributed by atoms with Gasteiger partial charge < -0.3 is 13.9 Å². The average molecular weight is 613 g/mol. The molecule has 6 rings (SSSR count). The summed E-state index contributed by atoms with van der Waals surface area (Å²) in [6.45, 7) is 8.10. The normalized spacial score (nSPS) is 18.8. The maximum Gasteiger partial charge on any atom is 0.374 e. The zero-order valence-corrected chi connectivity index (χ0v) is 26.4. The number of allylic oxidation sites excluding steroid dienone is 6. The molecule has 8 heteroatoms. The molecule has 0 bridgehead atoms. The van der Waals surface area contributed by atoms with Gasteiger partial charge in [-0.15, -0.1) is 0 Å². The highest BCUT2D eigenvalue weighted by atomic mass is 32.2. The fraction of sp³-hybridized carbons (Fsp3) is 0.286. The van der Waals surface area contributed by atoms with Crippen LogP contribution in [0.5, 0.6) is 0 Å². The average Bonchev–Trinajstić information content (AvgIpc) is 3.48. The van der Waals surface area contributed by atoms with E-state index in [1.165, 1.54) is 26.8 Å². The summed E-state index contributed by atoms with van der Waals surface area (Å²) in [5.74, 6) is 0.202. The minimum atomic E-state index is -4.30.